The van der Waals surface area contributed by atoms with Gasteiger partial charge in [0, 0.05) is 10.0 Å². The van der Waals surface area contributed by atoms with Crippen molar-refractivity contribution in [3.8, 4) is 11.3 Å². The maximum absolute atomic E-state index is 13.2. The van der Waals surface area contributed by atoms with Gasteiger partial charge in [-0.25, -0.2) is 4.39 Å². The smallest absolute Gasteiger partial charge is 0.271 e. The topological polar surface area (TPSA) is 84.7 Å². The van der Waals surface area contributed by atoms with Gasteiger partial charge >= 0.3 is 0 Å². The maximum atomic E-state index is 13.2. The number of amides is 1. The fourth-order valence-corrected chi connectivity index (χ4v) is 1.96. The lowest BCUT2D eigenvalue weighted by atomic mass is 10.1. The monoisotopic (exact) mass is 318 g/mol. The van der Waals surface area contributed by atoms with Gasteiger partial charge in [0.2, 0.25) is 0 Å². The van der Waals surface area contributed by atoms with Crippen LogP contribution in [0.15, 0.2) is 16.6 Å². The molecule has 1 heterocycles. The molecule has 1 amide bonds. The zero-order valence-electron chi connectivity index (χ0n) is 8.17. The molecular formula is C9H5BrClFN4O. The Morgan fingerprint density at radius 3 is 2.82 bits per heavy atom. The summed E-state index contributed by atoms with van der Waals surface area (Å²) in [5.74, 6) is -1.31. The molecule has 8 heteroatoms. The normalized spacial score (nSPS) is 10.5. The number of halogens is 3. The quantitative estimate of drug-likeness (QED) is 0.832. The molecule has 0 atom stereocenters. The van der Waals surface area contributed by atoms with E-state index < -0.39 is 11.7 Å². The minimum absolute atomic E-state index is 0.0339. The molecule has 0 aliphatic carbocycles. The third-order valence-corrected chi connectivity index (χ3v) is 2.99. The number of nitrogens with one attached hydrogen (secondary N) is 1. The summed E-state index contributed by atoms with van der Waals surface area (Å²) in [4.78, 5) is 11.1. The number of rotatable bonds is 2. The van der Waals surface area contributed by atoms with Gasteiger partial charge < -0.3 is 5.73 Å². The van der Waals surface area contributed by atoms with E-state index in [-0.39, 0.29) is 16.4 Å². The van der Waals surface area contributed by atoms with Crippen LogP contribution in [0.5, 0.6) is 0 Å². The Hall–Kier alpha value is -1.47. The number of aromatic nitrogens is 3. The van der Waals surface area contributed by atoms with Crippen molar-refractivity contribution in [1.82, 2.24) is 15.4 Å². The van der Waals surface area contributed by atoms with E-state index in [2.05, 4.69) is 31.3 Å². The highest BCUT2D eigenvalue weighted by Gasteiger charge is 2.18. The summed E-state index contributed by atoms with van der Waals surface area (Å²) < 4.78 is 13.6. The number of aromatic amines is 1. The van der Waals surface area contributed by atoms with E-state index in [1.165, 1.54) is 12.1 Å². The molecule has 88 valence electrons. The van der Waals surface area contributed by atoms with E-state index in [0.717, 1.165) is 0 Å². The summed E-state index contributed by atoms with van der Waals surface area (Å²) in [5, 5.41) is 9.61. The SMILES string of the molecule is NC(=O)c1n[nH]nc1-c1cc(Cl)c(F)cc1Br. The molecule has 1 aromatic heterocycles. The zero-order chi connectivity index (χ0) is 12.6. The van der Waals surface area contributed by atoms with Crippen molar-refractivity contribution in [3.63, 3.8) is 0 Å². The molecule has 0 saturated carbocycles. The summed E-state index contributed by atoms with van der Waals surface area (Å²) in [6.45, 7) is 0. The zero-order valence-corrected chi connectivity index (χ0v) is 10.5. The summed E-state index contributed by atoms with van der Waals surface area (Å²) in [6, 6.07) is 2.52. The van der Waals surface area contributed by atoms with Gasteiger partial charge in [0.25, 0.3) is 5.91 Å². The highest BCUT2D eigenvalue weighted by atomic mass is 79.9. The predicted octanol–water partition coefficient (Wildman–Crippen LogP) is 2.13. The van der Waals surface area contributed by atoms with E-state index in [1.54, 1.807) is 0 Å². The Labute approximate surface area is 108 Å². The minimum atomic E-state index is -0.735. The molecule has 0 fully saturated rings. The highest BCUT2D eigenvalue weighted by Crippen LogP contribution is 2.32. The first kappa shape index (κ1) is 12.0. The van der Waals surface area contributed by atoms with Crippen LogP contribution in [0.2, 0.25) is 5.02 Å². The van der Waals surface area contributed by atoms with Gasteiger partial charge in [0.05, 0.1) is 5.02 Å². The second kappa shape index (κ2) is 4.42. The number of carbonyl (C=O) groups is 1. The Kier molecular flexibility index (Phi) is 3.12. The van der Waals surface area contributed by atoms with Crippen LogP contribution in [0, 0.1) is 5.82 Å². The molecule has 0 aliphatic rings. The lowest BCUT2D eigenvalue weighted by molar-refractivity contribution is 0.0996. The number of H-pyrrole nitrogens is 1. The molecule has 0 spiro atoms. The van der Waals surface area contributed by atoms with Gasteiger partial charge in [0.1, 0.15) is 11.5 Å². The predicted molar refractivity (Wildman–Crippen MR) is 63.0 cm³/mol. The van der Waals surface area contributed by atoms with Gasteiger partial charge in [0.15, 0.2) is 5.69 Å². The minimum Gasteiger partial charge on any atom is -0.364 e. The van der Waals surface area contributed by atoms with Crippen LogP contribution in [-0.2, 0) is 0 Å². The fourth-order valence-electron chi connectivity index (χ4n) is 1.29. The molecule has 3 N–H and O–H groups in total. The van der Waals surface area contributed by atoms with Gasteiger partial charge in [-0.05, 0) is 28.1 Å². The molecule has 0 bridgehead atoms. The highest BCUT2D eigenvalue weighted by molar-refractivity contribution is 9.10. The molecule has 0 saturated heterocycles. The van der Waals surface area contributed by atoms with Crippen molar-refractivity contribution in [3.05, 3.63) is 33.1 Å². The van der Waals surface area contributed by atoms with Crippen LogP contribution in [0.1, 0.15) is 10.5 Å². The third-order valence-electron chi connectivity index (χ3n) is 2.05. The second-order valence-corrected chi connectivity index (χ2v) is 4.39. The van der Waals surface area contributed by atoms with Crippen LogP contribution in [0.25, 0.3) is 11.3 Å². The van der Waals surface area contributed by atoms with E-state index in [9.17, 15) is 9.18 Å². The first-order valence-corrected chi connectivity index (χ1v) is 5.53. The summed E-state index contributed by atoms with van der Waals surface area (Å²) in [5.41, 5.74) is 5.74. The molecule has 17 heavy (non-hydrogen) atoms. The molecule has 5 nitrogen and oxygen atoms in total. The molecule has 1 aromatic carbocycles. The Morgan fingerprint density at radius 2 is 2.18 bits per heavy atom. The van der Waals surface area contributed by atoms with E-state index in [1.807, 2.05) is 0 Å². The van der Waals surface area contributed by atoms with Crippen molar-refractivity contribution in [1.29, 1.82) is 0 Å². The third kappa shape index (κ3) is 2.16. The van der Waals surface area contributed by atoms with Crippen LogP contribution in [0.4, 0.5) is 4.39 Å². The molecule has 0 unspecified atom stereocenters. The molecule has 2 aromatic rings. The van der Waals surface area contributed by atoms with Crippen molar-refractivity contribution in [2.24, 2.45) is 5.73 Å². The van der Waals surface area contributed by atoms with Crippen LogP contribution >= 0.6 is 27.5 Å². The average Bonchev–Trinajstić information content (AvgIpc) is 2.72. The first-order valence-electron chi connectivity index (χ1n) is 4.36. The summed E-state index contributed by atoms with van der Waals surface area (Å²) in [6.07, 6.45) is 0. The van der Waals surface area contributed by atoms with Crippen molar-refractivity contribution in [2.45, 2.75) is 0 Å². The summed E-state index contributed by atoms with van der Waals surface area (Å²) >= 11 is 8.82. The Balaban J connectivity index is 2.64. The lowest BCUT2D eigenvalue weighted by Gasteiger charge is -2.03. The van der Waals surface area contributed by atoms with E-state index >= 15 is 0 Å². The Bertz CT molecular complexity index is 601. The van der Waals surface area contributed by atoms with E-state index in [0.29, 0.717) is 10.0 Å². The largest absolute Gasteiger partial charge is 0.364 e. The standard InChI is InChI=1S/C9H5BrClFN4O/c10-4-2-6(12)5(11)1-3(4)7-8(9(13)17)15-16-14-7/h1-2H,(H2,13,17)(H,14,15,16). The molecular weight excluding hydrogens is 314 g/mol. The van der Waals surface area contributed by atoms with Crippen LogP contribution in [-0.4, -0.2) is 21.3 Å². The van der Waals surface area contributed by atoms with Gasteiger partial charge in [-0.3, -0.25) is 4.79 Å². The number of carbonyl (C=O) groups excluding carboxylic acids is 1. The summed E-state index contributed by atoms with van der Waals surface area (Å²) in [7, 11) is 0. The number of hydrogen-bond acceptors (Lipinski definition) is 3. The maximum Gasteiger partial charge on any atom is 0.271 e. The van der Waals surface area contributed by atoms with Crippen LogP contribution in [0.3, 0.4) is 0 Å². The van der Waals surface area contributed by atoms with Crippen molar-refractivity contribution < 1.29 is 9.18 Å². The van der Waals surface area contributed by atoms with Gasteiger partial charge in [-0.15, -0.1) is 0 Å². The first-order chi connectivity index (χ1) is 8.00. The molecule has 0 radical (unpaired) electrons. The second-order valence-electron chi connectivity index (χ2n) is 3.13. The number of primary amides is 1. The van der Waals surface area contributed by atoms with Gasteiger partial charge in [-0.1, -0.05) is 11.6 Å². The average molecular weight is 320 g/mol. The number of hydrogen-bond donors (Lipinski definition) is 2. The number of benzene rings is 1. The molecule has 0 aliphatic heterocycles. The Morgan fingerprint density at radius 1 is 1.47 bits per heavy atom. The van der Waals surface area contributed by atoms with E-state index in [4.69, 9.17) is 17.3 Å². The lowest BCUT2D eigenvalue weighted by Crippen LogP contribution is -2.12. The van der Waals surface area contributed by atoms with Crippen molar-refractivity contribution in [2.75, 3.05) is 0 Å². The van der Waals surface area contributed by atoms with Crippen LogP contribution < -0.4 is 5.73 Å². The van der Waals surface area contributed by atoms with Gasteiger partial charge in [-0.2, -0.15) is 15.4 Å². The number of nitrogens with two attached hydrogens (primary N) is 1. The number of nitrogens with zero attached hydrogens (tertiary/aromatic N) is 2. The van der Waals surface area contributed by atoms with Crippen molar-refractivity contribution >= 4 is 33.4 Å². The fraction of sp³-hybridized carbons (Fsp3) is 0. The molecule has 2 rings (SSSR count).